The Balaban J connectivity index is 1.47. The van der Waals surface area contributed by atoms with Gasteiger partial charge in [-0.05, 0) is 38.2 Å². The minimum atomic E-state index is -4.34. The molecule has 4 rings (SSSR count). The number of anilines is 2. The molecule has 4 N–H and O–H groups in total. The maximum Gasteiger partial charge on any atom is 0.288 e. The van der Waals surface area contributed by atoms with Crippen LogP contribution in [0.4, 0.5) is 11.9 Å². The standard InChI is InChI=1S/C20H30N6O4S/c1-15(31(27,28)29)26-19(23-18(21)24-26)22-11-14-30-20(25-12-5-2-6-13-25)10-9-16-7-3-4-8-17(16)20/h3-4,7-8,15H,2,5-6,9-14H2,1H3,(H,27,28,29)(H3,21,22,23,24). The molecule has 0 bridgehead atoms. The average Bonchev–Trinajstić information content (AvgIpc) is 3.32. The first-order valence-electron chi connectivity index (χ1n) is 10.7. The number of nitrogens with zero attached hydrogens (tertiary/aromatic N) is 4. The van der Waals surface area contributed by atoms with E-state index in [9.17, 15) is 13.0 Å². The normalized spacial score (nSPS) is 22.9. The molecule has 31 heavy (non-hydrogen) atoms. The Morgan fingerprint density at radius 3 is 2.77 bits per heavy atom. The second-order valence-electron chi connectivity index (χ2n) is 8.12. The number of nitrogen functional groups attached to an aromatic ring is 1. The first-order chi connectivity index (χ1) is 14.8. The molecule has 1 aromatic heterocycles. The Hall–Kier alpha value is -2.21. The SMILES string of the molecule is CC(n1nc(N)nc1NCCOC1(N2CCCCC2)CCc2ccccc21)S(=O)(=O)O. The Labute approximate surface area is 182 Å². The van der Waals surface area contributed by atoms with Crippen LogP contribution in [0.2, 0.25) is 0 Å². The van der Waals surface area contributed by atoms with Gasteiger partial charge in [0.05, 0.1) is 6.61 Å². The van der Waals surface area contributed by atoms with Gasteiger partial charge in [0.1, 0.15) is 5.72 Å². The zero-order valence-corrected chi connectivity index (χ0v) is 18.5. The third kappa shape index (κ3) is 4.40. The van der Waals surface area contributed by atoms with E-state index in [0.717, 1.165) is 30.6 Å². The van der Waals surface area contributed by atoms with Gasteiger partial charge in [0.25, 0.3) is 10.1 Å². The largest absolute Gasteiger partial charge is 0.366 e. The number of nitrogens with one attached hydrogen (secondary N) is 1. The summed E-state index contributed by atoms with van der Waals surface area (Å²) < 4.78 is 40.0. The third-order valence-corrected chi connectivity index (χ3v) is 7.25. The number of hydrogen-bond donors (Lipinski definition) is 3. The zero-order valence-electron chi connectivity index (χ0n) is 17.7. The molecule has 1 fully saturated rings. The highest BCUT2D eigenvalue weighted by atomic mass is 32.2. The molecule has 11 heteroatoms. The molecule has 0 spiro atoms. The van der Waals surface area contributed by atoms with Crippen LogP contribution in [0, 0.1) is 0 Å². The van der Waals surface area contributed by atoms with E-state index in [1.807, 2.05) is 0 Å². The van der Waals surface area contributed by atoms with E-state index < -0.39 is 21.2 Å². The number of aryl methyl sites for hydroxylation is 1. The van der Waals surface area contributed by atoms with Gasteiger partial charge in [0.15, 0.2) is 5.37 Å². The van der Waals surface area contributed by atoms with Crippen molar-refractivity contribution in [1.82, 2.24) is 19.7 Å². The van der Waals surface area contributed by atoms with Gasteiger partial charge in [-0.1, -0.05) is 30.7 Å². The molecule has 0 saturated carbocycles. The molecular weight excluding hydrogens is 420 g/mol. The van der Waals surface area contributed by atoms with Crippen molar-refractivity contribution >= 4 is 22.0 Å². The van der Waals surface area contributed by atoms with Crippen molar-refractivity contribution in [1.29, 1.82) is 0 Å². The molecule has 10 nitrogen and oxygen atoms in total. The Morgan fingerprint density at radius 1 is 1.29 bits per heavy atom. The first kappa shape index (κ1) is 22.0. The Kier molecular flexibility index (Phi) is 6.20. The van der Waals surface area contributed by atoms with Gasteiger partial charge in [0, 0.05) is 25.2 Å². The molecule has 1 saturated heterocycles. The summed E-state index contributed by atoms with van der Waals surface area (Å²) in [7, 11) is -4.34. The quantitative estimate of drug-likeness (QED) is 0.407. The summed E-state index contributed by atoms with van der Waals surface area (Å²) in [5.41, 5.74) is 7.77. The third-order valence-electron chi connectivity index (χ3n) is 6.19. The monoisotopic (exact) mass is 450 g/mol. The fourth-order valence-corrected chi connectivity index (χ4v) is 5.01. The van der Waals surface area contributed by atoms with Crippen molar-refractivity contribution in [2.75, 3.05) is 37.3 Å². The predicted octanol–water partition coefficient (Wildman–Crippen LogP) is 1.98. The maximum absolute atomic E-state index is 11.5. The lowest BCUT2D eigenvalue weighted by atomic mass is 9.99. The summed E-state index contributed by atoms with van der Waals surface area (Å²) >= 11 is 0. The molecule has 2 heterocycles. The molecule has 170 valence electrons. The van der Waals surface area contributed by atoms with Crippen molar-refractivity contribution in [3.8, 4) is 0 Å². The maximum atomic E-state index is 11.5. The first-order valence-corrected chi connectivity index (χ1v) is 12.2. The zero-order chi connectivity index (χ0) is 22.1. The van der Waals surface area contributed by atoms with Crippen molar-refractivity contribution in [2.24, 2.45) is 0 Å². The Morgan fingerprint density at radius 2 is 2.03 bits per heavy atom. The van der Waals surface area contributed by atoms with E-state index in [1.165, 1.54) is 37.3 Å². The minimum Gasteiger partial charge on any atom is -0.366 e. The van der Waals surface area contributed by atoms with Crippen LogP contribution in [0.1, 0.15) is 49.1 Å². The van der Waals surface area contributed by atoms with E-state index >= 15 is 0 Å². The fraction of sp³-hybridized carbons (Fsp3) is 0.600. The van der Waals surface area contributed by atoms with Crippen LogP contribution in [-0.4, -0.2) is 58.9 Å². The van der Waals surface area contributed by atoms with Gasteiger partial charge in [-0.3, -0.25) is 9.45 Å². The summed E-state index contributed by atoms with van der Waals surface area (Å²) in [6, 6.07) is 8.47. The van der Waals surface area contributed by atoms with Crippen molar-refractivity contribution in [3.63, 3.8) is 0 Å². The van der Waals surface area contributed by atoms with Crippen LogP contribution in [0.15, 0.2) is 24.3 Å². The molecule has 0 radical (unpaired) electrons. The molecular formula is C20H30N6O4S. The predicted molar refractivity (Wildman–Crippen MR) is 117 cm³/mol. The fourth-order valence-electron chi connectivity index (χ4n) is 4.61. The van der Waals surface area contributed by atoms with E-state index in [1.54, 1.807) is 0 Å². The molecule has 1 aromatic carbocycles. The van der Waals surface area contributed by atoms with Gasteiger partial charge >= 0.3 is 0 Å². The van der Waals surface area contributed by atoms with Crippen LogP contribution in [0.3, 0.4) is 0 Å². The Bertz CT molecular complexity index is 1020. The van der Waals surface area contributed by atoms with E-state index in [2.05, 4.69) is 44.6 Å². The summed E-state index contributed by atoms with van der Waals surface area (Å²) in [5.74, 6) is 0.0958. The number of piperidine rings is 1. The van der Waals surface area contributed by atoms with Crippen molar-refractivity contribution < 1.29 is 17.7 Å². The number of ether oxygens (including phenoxy) is 1. The van der Waals surface area contributed by atoms with E-state index in [4.69, 9.17) is 10.5 Å². The van der Waals surface area contributed by atoms with Crippen LogP contribution >= 0.6 is 0 Å². The van der Waals surface area contributed by atoms with Gasteiger partial charge in [-0.2, -0.15) is 13.4 Å². The van der Waals surface area contributed by atoms with Gasteiger partial charge in [0.2, 0.25) is 11.9 Å². The van der Waals surface area contributed by atoms with Crippen molar-refractivity contribution in [2.45, 2.75) is 50.1 Å². The van der Waals surface area contributed by atoms with Gasteiger partial charge < -0.3 is 15.8 Å². The minimum absolute atomic E-state index is 0.0755. The topological polar surface area (TPSA) is 136 Å². The number of rotatable bonds is 8. The summed E-state index contributed by atoms with van der Waals surface area (Å²) in [5, 5.41) is 5.62. The summed E-state index contributed by atoms with van der Waals surface area (Å²) in [6.45, 7) is 4.11. The smallest absolute Gasteiger partial charge is 0.288 e. The van der Waals surface area contributed by atoms with Crippen LogP contribution < -0.4 is 11.1 Å². The molecule has 2 aromatic rings. The lowest BCUT2D eigenvalue weighted by Crippen LogP contribution is -2.49. The van der Waals surface area contributed by atoms with Crippen LogP contribution in [0.5, 0.6) is 0 Å². The molecule has 0 amide bonds. The molecule has 2 atom stereocenters. The number of likely N-dealkylation sites (tertiary alicyclic amines) is 1. The average molecular weight is 451 g/mol. The van der Waals surface area contributed by atoms with Crippen molar-refractivity contribution in [3.05, 3.63) is 35.4 Å². The highest BCUT2D eigenvalue weighted by Gasteiger charge is 2.44. The number of fused-ring (bicyclic) bond motifs is 1. The van der Waals surface area contributed by atoms with Crippen LogP contribution in [-0.2, 0) is 27.0 Å². The number of hydrogen-bond acceptors (Lipinski definition) is 8. The van der Waals surface area contributed by atoms with E-state index in [0.29, 0.717) is 13.2 Å². The van der Waals surface area contributed by atoms with E-state index in [-0.39, 0.29) is 11.9 Å². The highest BCUT2D eigenvalue weighted by Crippen LogP contribution is 2.43. The molecule has 1 aliphatic heterocycles. The number of aromatic nitrogens is 3. The number of benzene rings is 1. The van der Waals surface area contributed by atoms with Crippen LogP contribution in [0.25, 0.3) is 0 Å². The second-order valence-corrected chi connectivity index (χ2v) is 9.83. The number of nitrogens with two attached hydrogens (primary N) is 1. The van der Waals surface area contributed by atoms with Gasteiger partial charge in [-0.25, -0.2) is 4.68 Å². The lowest BCUT2D eigenvalue weighted by molar-refractivity contribution is -0.166. The van der Waals surface area contributed by atoms with Gasteiger partial charge in [-0.15, -0.1) is 5.10 Å². The molecule has 1 aliphatic carbocycles. The summed E-state index contributed by atoms with van der Waals surface area (Å²) in [6.07, 6.45) is 5.48. The summed E-state index contributed by atoms with van der Waals surface area (Å²) in [4.78, 5) is 6.50. The lowest BCUT2D eigenvalue weighted by Gasteiger charge is -2.44. The highest BCUT2D eigenvalue weighted by molar-refractivity contribution is 7.85. The second kappa shape index (κ2) is 8.73. The molecule has 2 unspecified atom stereocenters. The molecule has 2 aliphatic rings.